The summed E-state index contributed by atoms with van der Waals surface area (Å²) in [5.41, 5.74) is 3.57. The Labute approximate surface area is 233 Å². The molecule has 4 rings (SSSR count). The summed E-state index contributed by atoms with van der Waals surface area (Å²) in [6.45, 7) is 2.85. The maximum absolute atomic E-state index is 10.0. The summed E-state index contributed by atoms with van der Waals surface area (Å²) in [6.07, 6.45) is 37.8. The molecule has 0 aromatic carbocycles. The number of carbonyl (C=O) groups excluding carboxylic acids is 1. The van der Waals surface area contributed by atoms with Gasteiger partial charge >= 0.3 is 0 Å². The predicted molar refractivity (Wildman–Crippen MR) is 151 cm³/mol. The molecule has 2 nitrogen and oxygen atoms in total. The fraction of sp³-hybridized carbons (Fsp3) is 0.839. The van der Waals surface area contributed by atoms with Crippen LogP contribution in [-0.2, 0) is 24.9 Å². The number of ketones is 1. The van der Waals surface area contributed by atoms with Crippen molar-refractivity contribution >= 4 is 13.7 Å². The van der Waals surface area contributed by atoms with Crippen LogP contribution < -0.4 is 0 Å². The molecule has 3 radical (unpaired) electrons. The van der Waals surface area contributed by atoms with Crippen molar-refractivity contribution in [2.75, 3.05) is 0 Å². The van der Waals surface area contributed by atoms with Crippen molar-refractivity contribution in [3.8, 4) is 0 Å². The monoisotopic (exact) mass is 683 g/mol. The van der Waals surface area contributed by atoms with Crippen molar-refractivity contribution in [1.29, 1.82) is 0 Å². The minimum Gasteiger partial charge on any atom is -0.512 e. The van der Waals surface area contributed by atoms with Crippen molar-refractivity contribution in [2.45, 2.75) is 166 Å². The van der Waals surface area contributed by atoms with Gasteiger partial charge in [0.1, 0.15) is 0 Å². The molecule has 0 aliphatic heterocycles. The predicted octanol–water partition coefficient (Wildman–Crippen LogP) is 10.3. The minimum atomic E-state index is -0.125. The molecule has 0 saturated heterocycles. The van der Waals surface area contributed by atoms with Crippen LogP contribution in [0.3, 0.4) is 0 Å². The van der Waals surface area contributed by atoms with Gasteiger partial charge in [0, 0.05) is 26.2 Å². The molecule has 0 bridgehead atoms. The number of rotatable bonds is 4. The van der Waals surface area contributed by atoms with E-state index in [1.54, 1.807) is 77.0 Å². The fourth-order valence-corrected chi connectivity index (χ4v) is 11.1. The molecule has 0 atom stereocenters. The summed E-state index contributed by atoms with van der Waals surface area (Å²) >= 11 is 0. The third-order valence-corrected chi connectivity index (χ3v) is 12.1. The first-order chi connectivity index (χ1) is 16.6. The van der Waals surface area contributed by atoms with Gasteiger partial charge in [0.25, 0.3) is 0 Å². The van der Waals surface area contributed by atoms with Gasteiger partial charge in [0.05, 0.1) is 5.76 Å². The van der Waals surface area contributed by atoms with Crippen LogP contribution >= 0.6 is 7.92 Å². The fourth-order valence-electron chi connectivity index (χ4n) is 6.44. The first-order valence-corrected chi connectivity index (χ1v) is 16.4. The van der Waals surface area contributed by atoms with Gasteiger partial charge in [-0.1, -0.05) is 91.4 Å². The zero-order valence-corrected chi connectivity index (χ0v) is 26.2. The molecule has 0 aromatic rings. The number of hydrogen-bond acceptors (Lipinski definition) is 2. The summed E-state index contributed by atoms with van der Waals surface area (Å²) in [6, 6.07) is 0. The number of hydrogen-bond donors (Lipinski definition) is 1. The average Bonchev–Trinajstić information content (AvgIpc) is 2.81. The molecule has 4 fully saturated rings. The second kappa shape index (κ2) is 21.2. The molecule has 35 heavy (non-hydrogen) atoms. The quantitative estimate of drug-likeness (QED) is 0.182. The van der Waals surface area contributed by atoms with Crippen molar-refractivity contribution in [2.24, 2.45) is 0 Å². The SMILES string of the molecule is C1CCC(P(C2CCCCC2)C2CCCCC2)CC1.CC(=O)/C=C(/C)O.[CH]1[CH]CCCCCC1.[Ir]. The van der Waals surface area contributed by atoms with E-state index >= 15 is 0 Å². The van der Waals surface area contributed by atoms with Crippen LogP contribution in [0.5, 0.6) is 0 Å². The van der Waals surface area contributed by atoms with E-state index in [-0.39, 0.29) is 31.6 Å². The standard InChI is InChI=1S/C18H33P.C8H14.C5H8O2.Ir/c1-4-10-16(11-5-1)19(17-12-6-2-7-13-17)18-14-8-3-9-15-18;1-2-4-6-8-7-5-3-1;1-4(6)3-5(2)7;/h16-18H,1-15H2;1-2H,3-8H2;3,6H,1-2H3;/b;;4-3-;. The van der Waals surface area contributed by atoms with Crippen LogP contribution in [0.15, 0.2) is 11.8 Å². The zero-order valence-electron chi connectivity index (χ0n) is 22.9. The normalized spacial score (nSPS) is 23.5. The first-order valence-electron chi connectivity index (χ1n) is 14.9. The third kappa shape index (κ3) is 15.3. The van der Waals surface area contributed by atoms with E-state index in [0.717, 1.165) is 0 Å². The molecule has 1 N–H and O–H groups in total. The molecule has 205 valence electrons. The third-order valence-electron chi connectivity index (χ3n) is 8.06. The molecule has 4 aliphatic rings. The Morgan fingerprint density at radius 3 is 1.20 bits per heavy atom. The Bertz CT molecular complexity index is 475. The van der Waals surface area contributed by atoms with E-state index in [9.17, 15) is 4.79 Å². The van der Waals surface area contributed by atoms with E-state index < -0.39 is 0 Å². The molecule has 0 amide bonds. The number of allylic oxidation sites excluding steroid dienone is 2. The Morgan fingerprint density at radius 2 is 0.943 bits per heavy atom. The smallest absolute Gasteiger partial charge is 0.155 e. The topological polar surface area (TPSA) is 37.3 Å². The largest absolute Gasteiger partial charge is 0.512 e. The average molecular weight is 683 g/mol. The molecular formula is C31H55IrO2P. The molecule has 0 aromatic heterocycles. The van der Waals surface area contributed by atoms with Crippen LogP contribution in [0.25, 0.3) is 0 Å². The van der Waals surface area contributed by atoms with Crippen molar-refractivity contribution in [1.82, 2.24) is 0 Å². The minimum absolute atomic E-state index is 0. The van der Waals surface area contributed by atoms with Crippen LogP contribution in [0, 0.1) is 12.8 Å². The van der Waals surface area contributed by atoms with Crippen molar-refractivity contribution in [3.05, 3.63) is 24.7 Å². The molecule has 0 unspecified atom stereocenters. The second-order valence-electron chi connectivity index (χ2n) is 11.2. The van der Waals surface area contributed by atoms with Crippen LogP contribution in [0.4, 0.5) is 0 Å². The zero-order chi connectivity index (χ0) is 24.4. The Morgan fingerprint density at radius 1 is 0.629 bits per heavy atom. The molecule has 0 heterocycles. The summed E-state index contributed by atoms with van der Waals surface area (Å²) in [7, 11) is 0.385. The Balaban J connectivity index is 0.000000319. The summed E-state index contributed by atoms with van der Waals surface area (Å²) in [4.78, 5) is 10.0. The van der Waals surface area contributed by atoms with Crippen molar-refractivity contribution in [3.63, 3.8) is 0 Å². The van der Waals surface area contributed by atoms with Gasteiger partial charge in [0.15, 0.2) is 5.78 Å². The second-order valence-corrected chi connectivity index (χ2v) is 14.3. The van der Waals surface area contributed by atoms with Gasteiger partial charge in [-0.2, -0.15) is 0 Å². The van der Waals surface area contributed by atoms with Gasteiger partial charge in [-0.25, -0.2) is 0 Å². The molecular weight excluding hydrogens is 628 g/mol. The summed E-state index contributed by atoms with van der Waals surface area (Å²) in [5, 5.41) is 8.36. The number of carbonyl (C=O) groups is 1. The maximum atomic E-state index is 10.0. The van der Waals surface area contributed by atoms with Gasteiger partial charge in [0.2, 0.25) is 0 Å². The van der Waals surface area contributed by atoms with E-state index in [1.165, 1.54) is 94.7 Å². The van der Waals surface area contributed by atoms with Gasteiger partial charge in [-0.15, -0.1) is 0 Å². The summed E-state index contributed by atoms with van der Waals surface area (Å²) in [5.74, 6) is -0.0625. The number of aliphatic hydroxyl groups is 1. The van der Waals surface area contributed by atoms with Crippen LogP contribution in [0.2, 0.25) is 0 Å². The number of aliphatic hydroxyl groups excluding tert-OH is 1. The molecule has 4 aliphatic carbocycles. The Kier molecular flexibility index (Phi) is 20.2. The molecule has 4 heteroatoms. The van der Waals surface area contributed by atoms with E-state index in [1.807, 2.05) is 0 Å². The van der Waals surface area contributed by atoms with Gasteiger partial charge in [-0.3, -0.25) is 4.79 Å². The van der Waals surface area contributed by atoms with Crippen LogP contribution in [0.1, 0.15) is 149 Å². The Hall–Kier alpha value is 0.289. The van der Waals surface area contributed by atoms with Crippen LogP contribution in [-0.4, -0.2) is 27.9 Å². The van der Waals surface area contributed by atoms with E-state index in [2.05, 4.69) is 12.8 Å². The van der Waals surface area contributed by atoms with E-state index in [4.69, 9.17) is 5.11 Å². The summed E-state index contributed by atoms with van der Waals surface area (Å²) < 4.78 is 0. The van der Waals surface area contributed by atoms with Gasteiger partial charge < -0.3 is 5.11 Å². The maximum Gasteiger partial charge on any atom is 0.155 e. The van der Waals surface area contributed by atoms with Crippen molar-refractivity contribution < 1.29 is 30.0 Å². The molecule has 4 saturated carbocycles. The first kappa shape index (κ1) is 33.3. The van der Waals surface area contributed by atoms with E-state index in [0.29, 0.717) is 7.92 Å². The van der Waals surface area contributed by atoms with Gasteiger partial charge in [-0.05, 0) is 95.0 Å². The molecule has 0 spiro atoms.